The summed E-state index contributed by atoms with van der Waals surface area (Å²) in [6.07, 6.45) is 9.67. The first-order chi connectivity index (χ1) is 11.6. The van der Waals surface area contributed by atoms with Crippen LogP contribution < -0.4 is 10.7 Å². The van der Waals surface area contributed by atoms with Crippen LogP contribution in [0.2, 0.25) is 0 Å². The van der Waals surface area contributed by atoms with E-state index in [9.17, 15) is 9.18 Å². The minimum Gasteiger partial charge on any atom is -0.380 e. The van der Waals surface area contributed by atoms with Crippen LogP contribution in [0.15, 0.2) is 29.2 Å². The fourth-order valence-electron chi connectivity index (χ4n) is 3.87. The number of rotatable bonds is 5. The third-order valence-corrected chi connectivity index (χ3v) is 5.32. The van der Waals surface area contributed by atoms with E-state index in [-0.39, 0.29) is 11.2 Å². The van der Waals surface area contributed by atoms with Crippen LogP contribution in [0.3, 0.4) is 0 Å². The lowest BCUT2D eigenvalue weighted by atomic mass is 9.95. The molecule has 0 saturated heterocycles. The number of pyridine rings is 1. The summed E-state index contributed by atoms with van der Waals surface area (Å²) in [6.45, 7) is 4.28. The van der Waals surface area contributed by atoms with Gasteiger partial charge in [-0.05, 0) is 37.8 Å². The minimum absolute atomic E-state index is 0.115. The quantitative estimate of drug-likeness (QED) is 0.813. The van der Waals surface area contributed by atoms with Gasteiger partial charge in [0, 0.05) is 29.7 Å². The van der Waals surface area contributed by atoms with Gasteiger partial charge in [0.25, 0.3) is 0 Å². The number of aromatic nitrogens is 1. The average molecular weight is 330 g/mol. The smallest absolute Gasteiger partial charge is 0.189 e. The highest BCUT2D eigenvalue weighted by Gasteiger charge is 2.17. The molecule has 1 saturated carbocycles. The van der Waals surface area contributed by atoms with Crippen molar-refractivity contribution in [1.82, 2.24) is 4.57 Å². The van der Waals surface area contributed by atoms with Gasteiger partial charge in [0.1, 0.15) is 5.82 Å². The third kappa shape index (κ3) is 3.33. The lowest BCUT2D eigenvalue weighted by molar-refractivity contribution is 0.460. The highest BCUT2D eigenvalue weighted by Crippen LogP contribution is 2.28. The highest BCUT2D eigenvalue weighted by molar-refractivity contribution is 5.83. The Hall–Kier alpha value is -1.84. The summed E-state index contributed by atoms with van der Waals surface area (Å²) in [7, 11) is 0. The number of nitrogens with zero attached hydrogens (tertiary/aromatic N) is 1. The maximum absolute atomic E-state index is 14.5. The zero-order valence-electron chi connectivity index (χ0n) is 14.6. The van der Waals surface area contributed by atoms with E-state index in [1.54, 1.807) is 6.07 Å². The van der Waals surface area contributed by atoms with Gasteiger partial charge < -0.3 is 9.88 Å². The van der Waals surface area contributed by atoms with Crippen molar-refractivity contribution in [2.45, 2.75) is 70.9 Å². The molecular weight excluding hydrogens is 303 g/mol. The normalized spacial score (nSPS) is 16.0. The Morgan fingerprint density at radius 2 is 1.92 bits per heavy atom. The van der Waals surface area contributed by atoms with E-state index < -0.39 is 0 Å². The summed E-state index contributed by atoms with van der Waals surface area (Å²) in [6, 6.07) is 5.44. The molecule has 1 aliphatic carbocycles. The summed E-state index contributed by atoms with van der Waals surface area (Å²) in [4.78, 5) is 12.2. The average Bonchev–Trinajstić information content (AvgIpc) is 2.60. The van der Waals surface area contributed by atoms with Gasteiger partial charge in [-0.3, -0.25) is 4.79 Å². The van der Waals surface area contributed by atoms with Crippen molar-refractivity contribution in [3.8, 4) is 0 Å². The summed E-state index contributed by atoms with van der Waals surface area (Å²) in [5, 5.41) is 3.84. The molecule has 0 aliphatic heterocycles. The Morgan fingerprint density at radius 1 is 1.21 bits per heavy atom. The Kier molecular flexibility index (Phi) is 5.22. The van der Waals surface area contributed by atoms with Crippen LogP contribution in [-0.2, 0) is 0 Å². The summed E-state index contributed by atoms with van der Waals surface area (Å²) in [5.41, 5.74) is 1.24. The van der Waals surface area contributed by atoms with Crippen LogP contribution in [0.5, 0.6) is 0 Å². The van der Waals surface area contributed by atoms with Crippen molar-refractivity contribution in [2.24, 2.45) is 0 Å². The molecule has 4 heteroatoms. The fraction of sp³-hybridized carbons (Fsp3) is 0.550. The largest absolute Gasteiger partial charge is 0.380 e. The number of fused-ring (bicyclic) bond motifs is 1. The predicted molar refractivity (Wildman–Crippen MR) is 98.3 cm³/mol. The van der Waals surface area contributed by atoms with Crippen LogP contribution in [-0.4, -0.2) is 10.6 Å². The summed E-state index contributed by atoms with van der Waals surface area (Å²) in [5.74, 6) is -0.326. The molecule has 24 heavy (non-hydrogen) atoms. The molecule has 0 atom stereocenters. The number of halogens is 1. The van der Waals surface area contributed by atoms with Gasteiger partial charge in [-0.1, -0.05) is 33.1 Å². The number of nitrogens with one attached hydrogen (secondary N) is 1. The molecule has 1 fully saturated rings. The minimum atomic E-state index is -0.326. The zero-order chi connectivity index (χ0) is 17.1. The zero-order valence-corrected chi connectivity index (χ0v) is 14.6. The molecule has 0 spiro atoms. The Labute approximate surface area is 142 Å². The second-order valence-corrected chi connectivity index (χ2v) is 6.89. The fourth-order valence-corrected chi connectivity index (χ4v) is 3.87. The molecule has 0 amide bonds. The Balaban J connectivity index is 2.06. The molecule has 0 bridgehead atoms. The molecule has 1 heterocycles. The molecule has 0 radical (unpaired) electrons. The maximum atomic E-state index is 14.5. The lowest BCUT2D eigenvalue weighted by Gasteiger charge is -2.25. The second-order valence-electron chi connectivity index (χ2n) is 6.89. The van der Waals surface area contributed by atoms with Gasteiger partial charge in [-0.15, -0.1) is 0 Å². The van der Waals surface area contributed by atoms with Gasteiger partial charge in [-0.2, -0.15) is 0 Å². The number of benzene rings is 1. The van der Waals surface area contributed by atoms with Crippen molar-refractivity contribution in [3.63, 3.8) is 0 Å². The third-order valence-electron chi connectivity index (χ3n) is 5.32. The van der Waals surface area contributed by atoms with E-state index in [2.05, 4.69) is 23.7 Å². The van der Waals surface area contributed by atoms with Gasteiger partial charge in [0.05, 0.1) is 11.2 Å². The Bertz CT molecular complexity index is 758. The van der Waals surface area contributed by atoms with Crippen LogP contribution >= 0.6 is 0 Å². The van der Waals surface area contributed by atoms with Crippen molar-refractivity contribution >= 4 is 16.6 Å². The molecule has 1 aliphatic rings. The molecule has 1 aromatic carbocycles. The summed E-state index contributed by atoms with van der Waals surface area (Å²) >= 11 is 0. The molecule has 0 unspecified atom stereocenters. The monoisotopic (exact) mass is 330 g/mol. The van der Waals surface area contributed by atoms with E-state index in [0.717, 1.165) is 31.2 Å². The SMILES string of the molecule is CCC(CC)n1ccc(=O)c2cc(F)c(NC3CCCCC3)cc21. The van der Waals surface area contributed by atoms with E-state index in [4.69, 9.17) is 0 Å². The second kappa shape index (κ2) is 7.37. The van der Waals surface area contributed by atoms with Crippen LogP contribution in [0.4, 0.5) is 10.1 Å². The first-order valence-electron chi connectivity index (χ1n) is 9.25. The van der Waals surface area contributed by atoms with E-state index in [1.165, 1.54) is 25.3 Å². The predicted octanol–water partition coefficient (Wildman–Crippen LogP) is 5.25. The molecule has 1 aromatic heterocycles. The van der Waals surface area contributed by atoms with Gasteiger partial charge in [-0.25, -0.2) is 4.39 Å². The molecule has 3 nitrogen and oxygen atoms in total. The maximum Gasteiger partial charge on any atom is 0.189 e. The first kappa shape index (κ1) is 17.0. The van der Waals surface area contributed by atoms with E-state index in [1.807, 2.05) is 12.3 Å². The van der Waals surface area contributed by atoms with Gasteiger partial charge in [0.2, 0.25) is 0 Å². The van der Waals surface area contributed by atoms with Gasteiger partial charge >= 0.3 is 0 Å². The topological polar surface area (TPSA) is 34.0 Å². The molecule has 130 valence electrons. The van der Waals surface area contributed by atoms with Crippen molar-refractivity contribution in [1.29, 1.82) is 0 Å². The molecule has 3 rings (SSSR count). The molecule has 1 N–H and O–H groups in total. The first-order valence-corrected chi connectivity index (χ1v) is 9.25. The van der Waals surface area contributed by atoms with Crippen LogP contribution in [0.25, 0.3) is 10.9 Å². The van der Waals surface area contributed by atoms with Crippen molar-refractivity contribution in [3.05, 3.63) is 40.4 Å². The Morgan fingerprint density at radius 3 is 2.58 bits per heavy atom. The number of hydrogen-bond donors (Lipinski definition) is 1. The van der Waals surface area contributed by atoms with Crippen LogP contribution in [0, 0.1) is 5.82 Å². The lowest BCUT2D eigenvalue weighted by Crippen LogP contribution is -2.23. The number of hydrogen-bond acceptors (Lipinski definition) is 2. The summed E-state index contributed by atoms with van der Waals surface area (Å²) < 4.78 is 16.7. The molecule has 2 aromatic rings. The van der Waals surface area contributed by atoms with E-state index >= 15 is 0 Å². The van der Waals surface area contributed by atoms with Gasteiger partial charge in [0.15, 0.2) is 5.43 Å². The standard InChI is InChI=1S/C20H27FN2O/c1-3-15(4-2)23-11-10-20(24)16-12-17(21)18(13-19(16)23)22-14-8-6-5-7-9-14/h10-15,22H,3-9H2,1-2H3. The van der Waals surface area contributed by atoms with Crippen molar-refractivity contribution < 1.29 is 4.39 Å². The highest BCUT2D eigenvalue weighted by atomic mass is 19.1. The van der Waals surface area contributed by atoms with E-state index in [0.29, 0.717) is 23.2 Å². The number of anilines is 1. The molecular formula is C20H27FN2O. The van der Waals surface area contributed by atoms with Crippen LogP contribution in [0.1, 0.15) is 64.8 Å². The van der Waals surface area contributed by atoms with Crippen molar-refractivity contribution in [2.75, 3.05) is 5.32 Å².